The van der Waals surface area contributed by atoms with Crippen molar-refractivity contribution in [2.24, 2.45) is 0 Å². The van der Waals surface area contributed by atoms with Crippen LogP contribution in [0.4, 0.5) is 0 Å². The first-order valence-corrected chi connectivity index (χ1v) is 6.61. The highest BCUT2D eigenvalue weighted by Gasteiger charge is 2.12. The highest BCUT2D eigenvalue weighted by atomic mass is 79.9. The Kier molecular flexibility index (Phi) is 4.38. The van der Waals surface area contributed by atoms with E-state index in [9.17, 15) is 0 Å². The fourth-order valence-electron chi connectivity index (χ4n) is 1.98. The van der Waals surface area contributed by atoms with Crippen molar-refractivity contribution in [2.45, 2.75) is 32.4 Å². The molecule has 16 heavy (non-hydrogen) atoms. The van der Waals surface area contributed by atoms with Crippen LogP contribution in [0, 0.1) is 6.92 Å². The second-order valence-corrected chi connectivity index (χ2v) is 5.21. The van der Waals surface area contributed by atoms with Gasteiger partial charge >= 0.3 is 0 Å². The standard InChI is InChI=1S/C13H18BrNO/c1-10-8-11(2-3-13(10)14)9-15-12-4-6-16-7-5-12/h2-3,8,12,15H,4-7,9H2,1H3. The summed E-state index contributed by atoms with van der Waals surface area (Å²) in [5, 5.41) is 3.59. The van der Waals surface area contributed by atoms with E-state index in [0.717, 1.165) is 32.6 Å². The molecule has 1 aromatic carbocycles. The van der Waals surface area contributed by atoms with Crippen LogP contribution in [0.3, 0.4) is 0 Å². The highest BCUT2D eigenvalue weighted by Crippen LogP contribution is 2.17. The summed E-state index contributed by atoms with van der Waals surface area (Å²) in [4.78, 5) is 0. The molecule has 1 aliphatic rings. The minimum atomic E-state index is 0.623. The number of halogens is 1. The molecule has 0 amide bonds. The first kappa shape index (κ1) is 12.1. The molecular weight excluding hydrogens is 266 g/mol. The molecule has 3 heteroatoms. The van der Waals surface area contributed by atoms with Crippen LogP contribution in [0.1, 0.15) is 24.0 Å². The first-order valence-electron chi connectivity index (χ1n) is 5.82. The van der Waals surface area contributed by atoms with Crippen molar-refractivity contribution in [3.63, 3.8) is 0 Å². The van der Waals surface area contributed by atoms with E-state index in [0.29, 0.717) is 6.04 Å². The summed E-state index contributed by atoms with van der Waals surface area (Å²) >= 11 is 3.52. The Labute approximate surface area is 106 Å². The first-order chi connectivity index (χ1) is 7.75. The maximum atomic E-state index is 5.34. The molecule has 1 aromatic rings. The normalized spacial score (nSPS) is 17.6. The molecule has 0 bridgehead atoms. The van der Waals surface area contributed by atoms with Gasteiger partial charge in [-0.3, -0.25) is 0 Å². The van der Waals surface area contributed by atoms with Crippen LogP contribution in [-0.2, 0) is 11.3 Å². The molecule has 1 heterocycles. The molecular formula is C13H18BrNO. The van der Waals surface area contributed by atoms with Gasteiger partial charge in [0.1, 0.15) is 0 Å². The van der Waals surface area contributed by atoms with E-state index in [1.54, 1.807) is 0 Å². The molecule has 2 rings (SSSR count). The maximum Gasteiger partial charge on any atom is 0.0480 e. The fraction of sp³-hybridized carbons (Fsp3) is 0.538. The van der Waals surface area contributed by atoms with Crippen LogP contribution < -0.4 is 5.32 Å². The van der Waals surface area contributed by atoms with Crippen molar-refractivity contribution in [3.05, 3.63) is 33.8 Å². The second kappa shape index (κ2) is 5.80. The smallest absolute Gasteiger partial charge is 0.0480 e. The van der Waals surface area contributed by atoms with Crippen LogP contribution >= 0.6 is 15.9 Å². The maximum absolute atomic E-state index is 5.34. The number of hydrogen-bond donors (Lipinski definition) is 1. The Balaban J connectivity index is 1.86. The van der Waals surface area contributed by atoms with Crippen molar-refractivity contribution >= 4 is 15.9 Å². The molecule has 0 radical (unpaired) electrons. The van der Waals surface area contributed by atoms with E-state index in [-0.39, 0.29) is 0 Å². The van der Waals surface area contributed by atoms with Crippen LogP contribution in [-0.4, -0.2) is 19.3 Å². The lowest BCUT2D eigenvalue weighted by Crippen LogP contribution is -2.34. The number of benzene rings is 1. The van der Waals surface area contributed by atoms with Gasteiger partial charge in [0, 0.05) is 30.3 Å². The van der Waals surface area contributed by atoms with Crippen molar-refractivity contribution < 1.29 is 4.74 Å². The van der Waals surface area contributed by atoms with Gasteiger partial charge in [-0.2, -0.15) is 0 Å². The average Bonchev–Trinajstić information content (AvgIpc) is 2.32. The summed E-state index contributed by atoms with van der Waals surface area (Å²) in [7, 11) is 0. The SMILES string of the molecule is Cc1cc(CNC2CCOCC2)ccc1Br. The van der Waals surface area contributed by atoms with Crippen molar-refractivity contribution in [1.29, 1.82) is 0 Å². The van der Waals surface area contributed by atoms with Crippen LogP contribution in [0.15, 0.2) is 22.7 Å². The van der Waals surface area contributed by atoms with Crippen molar-refractivity contribution in [2.75, 3.05) is 13.2 Å². The summed E-state index contributed by atoms with van der Waals surface area (Å²) in [6.45, 7) is 4.88. The van der Waals surface area contributed by atoms with E-state index < -0.39 is 0 Å². The zero-order valence-electron chi connectivity index (χ0n) is 9.63. The number of ether oxygens (including phenoxy) is 1. The molecule has 0 atom stereocenters. The van der Waals surface area contributed by atoms with Crippen molar-refractivity contribution in [3.8, 4) is 0 Å². The predicted molar refractivity (Wildman–Crippen MR) is 69.6 cm³/mol. The minimum absolute atomic E-state index is 0.623. The zero-order chi connectivity index (χ0) is 11.4. The Morgan fingerprint density at radius 1 is 1.38 bits per heavy atom. The average molecular weight is 284 g/mol. The molecule has 0 aliphatic carbocycles. The fourth-order valence-corrected chi connectivity index (χ4v) is 2.23. The summed E-state index contributed by atoms with van der Waals surface area (Å²) in [6.07, 6.45) is 2.27. The minimum Gasteiger partial charge on any atom is -0.381 e. The Morgan fingerprint density at radius 2 is 2.12 bits per heavy atom. The quantitative estimate of drug-likeness (QED) is 0.921. The molecule has 88 valence electrons. The van der Waals surface area contributed by atoms with Crippen molar-refractivity contribution in [1.82, 2.24) is 5.32 Å². The van der Waals surface area contributed by atoms with E-state index in [4.69, 9.17) is 4.74 Å². The molecule has 1 N–H and O–H groups in total. The molecule has 2 nitrogen and oxygen atoms in total. The Hall–Kier alpha value is -0.380. The lowest BCUT2D eigenvalue weighted by atomic mass is 10.1. The molecule has 1 fully saturated rings. The number of aryl methyl sites for hydroxylation is 1. The summed E-state index contributed by atoms with van der Waals surface area (Å²) in [6, 6.07) is 7.15. The molecule has 1 saturated heterocycles. The lowest BCUT2D eigenvalue weighted by Gasteiger charge is -2.23. The molecule has 0 aromatic heterocycles. The predicted octanol–water partition coefficient (Wildman–Crippen LogP) is 3.03. The van der Waals surface area contributed by atoms with Gasteiger partial charge in [0.25, 0.3) is 0 Å². The third-order valence-electron chi connectivity index (χ3n) is 3.04. The van der Waals surface area contributed by atoms with Gasteiger partial charge in [0.2, 0.25) is 0 Å². The van der Waals surface area contributed by atoms with Gasteiger partial charge < -0.3 is 10.1 Å². The third-order valence-corrected chi connectivity index (χ3v) is 3.93. The molecule has 1 aliphatic heterocycles. The summed E-state index contributed by atoms with van der Waals surface area (Å²) < 4.78 is 6.52. The van der Waals surface area contributed by atoms with E-state index in [1.807, 2.05) is 0 Å². The van der Waals surface area contributed by atoms with Crippen LogP contribution in [0.5, 0.6) is 0 Å². The molecule has 0 unspecified atom stereocenters. The highest BCUT2D eigenvalue weighted by molar-refractivity contribution is 9.10. The van der Waals surface area contributed by atoms with E-state index >= 15 is 0 Å². The van der Waals surface area contributed by atoms with Gasteiger partial charge in [0.05, 0.1) is 0 Å². The van der Waals surface area contributed by atoms with E-state index in [2.05, 4.69) is 46.4 Å². The number of rotatable bonds is 3. The zero-order valence-corrected chi connectivity index (χ0v) is 11.2. The lowest BCUT2D eigenvalue weighted by molar-refractivity contribution is 0.0776. The van der Waals surface area contributed by atoms with Gasteiger partial charge in [-0.05, 0) is 37.0 Å². The van der Waals surface area contributed by atoms with Gasteiger partial charge in [-0.1, -0.05) is 28.1 Å². The Morgan fingerprint density at radius 3 is 2.81 bits per heavy atom. The largest absolute Gasteiger partial charge is 0.381 e. The van der Waals surface area contributed by atoms with E-state index in [1.165, 1.54) is 15.6 Å². The summed E-state index contributed by atoms with van der Waals surface area (Å²) in [5.74, 6) is 0. The van der Waals surface area contributed by atoms with Crippen LogP contribution in [0.25, 0.3) is 0 Å². The number of hydrogen-bond acceptors (Lipinski definition) is 2. The molecule has 0 spiro atoms. The Bertz CT molecular complexity index is 348. The van der Waals surface area contributed by atoms with Gasteiger partial charge in [-0.15, -0.1) is 0 Å². The molecule has 0 saturated carbocycles. The third kappa shape index (κ3) is 3.30. The van der Waals surface area contributed by atoms with Crippen LogP contribution in [0.2, 0.25) is 0 Å². The van der Waals surface area contributed by atoms with Gasteiger partial charge in [-0.25, -0.2) is 0 Å². The monoisotopic (exact) mass is 283 g/mol. The second-order valence-electron chi connectivity index (χ2n) is 4.35. The van der Waals surface area contributed by atoms with Gasteiger partial charge in [0.15, 0.2) is 0 Å². The summed E-state index contributed by atoms with van der Waals surface area (Å²) in [5.41, 5.74) is 2.65. The number of nitrogens with one attached hydrogen (secondary N) is 1. The topological polar surface area (TPSA) is 21.3 Å².